The average molecular weight is 244 g/mol. The van der Waals surface area contributed by atoms with Gasteiger partial charge in [0.15, 0.2) is 5.13 Å². The maximum absolute atomic E-state index is 10.7. The van der Waals surface area contributed by atoms with E-state index in [2.05, 4.69) is 4.98 Å². The predicted molar refractivity (Wildman–Crippen MR) is 63.7 cm³/mol. The van der Waals surface area contributed by atoms with E-state index in [9.17, 15) is 4.79 Å². The summed E-state index contributed by atoms with van der Waals surface area (Å²) in [7, 11) is 5.33. The third kappa shape index (κ3) is 2.85. The Labute approximate surface area is 98.7 Å². The fourth-order valence-corrected chi connectivity index (χ4v) is 2.32. The smallest absolute Gasteiger partial charge is 0.303 e. The quantitative estimate of drug-likeness (QED) is 0.855. The molecule has 1 heterocycles. The van der Waals surface area contributed by atoms with Gasteiger partial charge in [0.2, 0.25) is 5.88 Å². The molecule has 5 nitrogen and oxygen atoms in total. The lowest BCUT2D eigenvalue weighted by Gasteiger charge is -2.07. The van der Waals surface area contributed by atoms with Crippen LogP contribution in [0.25, 0.3) is 0 Å². The fourth-order valence-electron chi connectivity index (χ4n) is 1.31. The lowest BCUT2D eigenvalue weighted by molar-refractivity contribution is -0.137. The second-order valence-corrected chi connectivity index (χ2v) is 4.77. The molecule has 1 N–H and O–H groups in total. The van der Waals surface area contributed by atoms with Crippen LogP contribution >= 0.6 is 11.3 Å². The predicted octanol–water partition coefficient (Wildman–Crippen LogP) is 1.80. The Bertz CT molecular complexity index is 376. The molecule has 6 heteroatoms. The van der Waals surface area contributed by atoms with Gasteiger partial charge in [0.05, 0.1) is 18.4 Å². The molecule has 0 spiro atoms. The SMILES string of the molecule is COc1nc(N(C)C)sc1C(C)CC(=O)O. The molecule has 0 bridgehead atoms. The van der Waals surface area contributed by atoms with Crippen LogP contribution in [-0.2, 0) is 4.79 Å². The molecule has 0 saturated carbocycles. The third-order valence-electron chi connectivity index (χ3n) is 2.11. The van der Waals surface area contributed by atoms with Gasteiger partial charge < -0.3 is 14.7 Å². The van der Waals surface area contributed by atoms with Crippen molar-refractivity contribution in [1.29, 1.82) is 0 Å². The summed E-state index contributed by atoms with van der Waals surface area (Å²) in [5.41, 5.74) is 0. The van der Waals surface area contributed by atoms with E-state index < -0.39 is 5.97 Å². The van der Waals surface area contributed by atoms with Crippen molar-refractivity contribution in [2.24, 2.45) is 0 Å². The van der Waals surface area contributed by atoms with E-state index in [0.29, 0.717) is 5.88 Å². The molecule has 1 aromatic heterocycles. The van der Waals surface area contributed by atoms with Gasteiger partial charge in [-0.1, -0.05) is 18.3 Å². The van der Waals surface area contributed by atoms with Gasteiger partial charge in [-0.15, -0.1) is 0 Å². The molecular weight excluding hydrogens is 228 g/mol. The normalized spacial score (nSPS) is 12.2. The highest BCUT2D eigenvalue weighted by molar-refractivity contribution is 7.16. The number of carboxylic acids is 1. The van der Waals surface area contributed by atoms with Crippen LogP contribution in [0.2, 0.25) is 0 Å². The van der Waals surface area contributed by atoms with E-state index >= 15 is 0 Å². The molecule has 0 fully saturated rings. The third-order valence-corrected chi connectivity index (χ3v) is 3.55. The number of carboxylic acid groups (broad SMARTS) is 1. The second-order valence-electron chi connectivity index (χ2n) is 3.76. The first-order chi connectivity index (χ1) is 7.45. The first-order valence-corrected chi connectivity index (χ1v) is 5.71. The van der Waals surface area contributed by atoms with Crippen LogP contribution < -0.4 is 9.64 Å². The van der Waals surface area contributed by atoms with E-state index in [0.717, 1.165) is 10.0 Å². The molecule has 1 atom stereocenters. The van der Waals surface area contributed by atoms with Gasteiger partial charge in [-0.3, -0.25) is 4.79 Å². The Balaban J connectivity index is 2.97. The Hall–Kier alpha value is -1.30. The van der Waals surface area contributed by atoms with Crippen molar-refractivity contribution in [3.05, 3.63) is 4.88 Å². The minimum absolute atomic E-state index is 0.0846. The molecule has 1 rings (SSSR count). The number of ether oxygens (including phenoxy) is 1. The molecule has 0 radical (unpaired) electrons. The molecule has 1 unspecified atom stereocenters. The van der Waals surface area contributed by atoms with Crippen molar-refractivity contribution in [3.8, 4) is 5.88 Å². The number of hydrogen-bond donors (Lipinski definition) is 1. The van der Waals surface area contributed by atoms with Gasteiger partial charge >= 0.3 is 5.97 Å². The number of aliphatic carboxylic acids is 1. The Morgan fingerprint density at radius 3 is 2.69 bits per heavy atom. The zero-order chi connectivity index (χ0) is 12.3. The summed E-state index contributed by atoms with van der Waals surface area (Å²) in [6.45, 7) is 1.86. The van der Waals surface area contributed by atoms with Crippen LogP contribution in [0.3, 0.4) is 0 Å². The van der Waals surface area contributed by atoms with Crippen molar-refractivity contribution < 1.29 is 14.6 Å². The summed E-state index contributed by atoms with van der Waals surface area (Å²) in [4.78, 5) is 17.7. The van der Waals surface area contributed by atoms with E-state index in [1.54, 1.807) is 7.11 Å². The van der Waals surface area contributed by atoms with Crippen molar-refractivity contribution in [2.75, 3.05) is 26.1 Å². The lowest BCUT2D eigenvalue weighted by atomic mass is 10.1. The topological polar surface area (TPSA) is 62.7 Å². The van der Waals surface area contributed by atoms with Crippen LogP contribution in [0.5, 0.6) is 5.88 Å². The van der Waals surface area contributed by atoms with Crippen molar-refractivity contribution in [3.63, 3.8) is 0 Å². The summed E-state index contributed by atoms with van der Waals surface area (Å²) in [5.74, 6) is -0.365. The molecule has 0 aromatic carbocycles. The molecule has 1 aromatic rings. The summed E-state index contributed by atoms with van der Waals surface area (Å²) in [6, 6.07) is 0. The molecule has 0 saturated heterocycles. The number of anilines is 1. The first-order valence-electron chi connectivity index (χ1n) is 4.89. The minimum Gasteiger partial charge on any atom is -0.481 e. The highest BCUT2D eigenvalue weighted by atomic mass is 32.1. The molecule has 16 heavy (non-hydrogen) atoms. The standard InChI is InChI=1S/C10H16N2O3S/c1-6(5-7(13)14)8-9(15-4)11-10(16-8)12(2)3/h6H,5H2,1-4H3,(H,13,14). The van der Waals surface area contributed by atoms with E-state index in [1.165, 1.54) is 11.3 Å². The minimum atomic E-state index is -0.811. The number of rotatable bonds is 5. The Morgan fingerprint density at radius 2 is 2.25 bits per heavy atom. The highest BCUT2D eigenvalue weighted by Gasteiger charge is 2.20. The van der Waals surface area contributed by atoms with Gasteiger partial charge in [0, 0.05) is 20.0 Å². The number of thiazole rings is 1. The molecule has 90 valence electrons. The van der Waals surface area contributed by atoms with Gasteiger partial charge in [0.1, 0.15) is 0 Å². The van der Waals surface area contributed by atoms with Gasteiger partial charge in [-0.25, -0.2) is 0 Å². The summed E-state index contributed by atoms with van der Waals surface area (Å²) in [5, 5.41) is 9.58. The molecular formula is C10H16N2O3S. The van der Waals surface area contributed by atoms with Crippen molar-refractivity contribution in [2.45, 2.75) is 19.3 Å². The van der Waals surface area contributed by atoms with Gasteiger partial charge in [-0.05, 0) is 0 Å². The molecule has 0 amide bonds. The summed E-state index contributed by atoms with van der Waals surface area (Å²) in [6.07, 6.45) is 0.0887. The van der Waals surface area contributed by atoms with Crippen molar-refractivity contribution in [1.82, 2.24) is 4.98 Å². The summed E-state index contributed by atoms with van der Waals surface area (Å²) < 4.78 is 5.16. The summed E-state index contributed by atoms with van der Waals surface area (Å²) >= 11 is 1.47. The fraction of sp³-hybridized carbons (Fsp3) is 0.600. The maximum atomic E-state index is 10.7. The number of hydrogen-bond acceptors (Lipinski definition) is 5. The van der Waals surface area contributed by atoms with Crippen LogP contribution in [0.1, 0.15) is 24.1 Å². The molecule has 0 aliphatic carbocycles. The molecule has 0 aliphatic rings. The highest BCUT2D eigenvalue weighted by Crippen LogP contribution is 2.37. The van der Waals surface area contributed by atoms with Gasteiger partial charge in [0.25, 0.3) is 0 Å². The van der Waals surface area contributed by atoms with Crippen LogP contribution in [0, 0.1) is 0 Å². The zero-order valence-corrected chi connectivity index (χ0v) is 10.7. The van der Waals surface area contributed by atoms with E-state index in [1.807, 2.05) is 25.9 Å². The number of aromatic nitrogens is 1. The van der Waals surface area contributed by atoms with Crippen molar-refractivity contribution >= 4 is 22.4 Å². The first kappa shape index (κ1) is 12.8. The zero-order valence-electron chi connectivity index (χ0n) is 9.85. The van der Waals surface area contributed by atoms with E-state index in [-0.39, 0.29) is 12.3 Å². The van der Waals surface area contributed by atoms with Crippen LogP contribution in [0.15, 0.2) is 0 Å². The van der Waals surface area contributed by atoms with E-state index in [4.69, 9.17) is 9.84 Å². The second kappa shape index (κ2) is 5.16. The average Bonchev–Trinajstić information content (AvgIpc) is 2.60. The number of nitrogens with zero attached hydrogens (tertiary/aromatic N) is 2. The Morgan fingerprint density at radius 1 is 1.62 bits per heavy atom. The monoisotopic (exact) mass is 244 g/mol. The molecule has 0 aliphatic heterocycles. The lowest BCUT2D eigenvalue weighted by Crippen LogP contribution is -2.07. The largest absolute Gasteiger partial charge is 0.481 e. The number of methoxy groups -OCH3 is 1. The van der Waals surface area contributed by atoms with Crippen LogP contribution in [-0.4, -0.2) is 37.3 Å². The van der Waals surface area contributed by atoms with Gasteiger partial charge in [-0.2, -0.15) is 4.98 Å². The van der Waals surface area contributed by atoms with Crippen LogP contribution in [0.4, 0.5) is 5.13 Å². The number of carbonyl (C=O) groups is 1. The maximum Gasteiger partial charge on any atom is 0.303 e. The Kier molecular flexibility index (Phi) is 4.12.